The van der Waals surface area contributed by atoms with Crippen LogP contribution in [-0.2, 0) is 8.64 Å². The Kier molecular flexibility index (Phi) is 3.78. The second-order valence-electron chi connectivity index (χ2n) is 1.94. The van der Waals surface area contributed by atoms with Crippen molar-refractivity contribution in [1.82, 2.24) is 0 Å². The Balaban J connectivity index is 2.71. The maximum absolute atomic E-state index is 11.0. The van der Waals surface area contributed by atoms with E-state index in [1.165, 1.54) is 0 Å². The zero-order valence-electron chi connectivity index (χ0n) is 5.88. The van der Waals surface area contributed by atoms with Crippen molar-refractivity contribution in [3.05, 3.63) is 30.3 Å². The second-order valence-corrected chi connectivity index (χ2v) is 8.66. The van der Waals surface area contributed by atoms with Crippen LogP contribution in [0.4, 0.5) is 0 Å². The van der Waals surface area contributed by atoms with Crippen molar-refractivity contribution in [2.24, 2.45) is 0 Å². The van der Waals surface area contributed by atoms with Gasteiger partial charge in [-0.3, -0.25) is 0 Å². The molecule has 0 aliphatic heterocycles. The van der Waals surface area contributed by atoms with Gasteiger partial charge in [-0.2, -0.15) is 0 Å². The molecule has 1 atom stereocenters. The number of hydrogen-bond acceptors (Lipinski definition) is 2. The summed E-state index contributed by atoms with van der Waals surface area (Å²) in [5, 5.41) is 0. The van der Waals surface area contributed by atoms with Crippen LogP contribution in [0, 0.1) is 0 Å². The predicted octanol–water partition coefficient (Wildman–Crippen LogP) is 1.29. The molecule has 0 aliphatic carbocycles. The molecular weight excluding hydrogens is 265 g/mol. The maximum atomic E-state index is 11.0. The molecule has 0 aliphatic rings. The molecular formula is C6H6ClO3PSe. The van der Waals surface area contributed by atoms with Crippen molar-refractivity contribution in [2.45, 2.75) is 0 Å². The van der Waals surface area contributed by atoms with Gasteiger partial charge in [0, 0.05) is 0 Å². The summed E-state index contributed by atoms with van der Waals surface area (Å²) in [5.41, 5.74) is 0. The van der Waals surface area contributed by atoms with Crippen LogP contribution in [-0.4, -0.2) is 19.4 Å². The van der Waals surface area contributed by atoms with E-state index < -0.39 is 20.8 Å². The minimum absolute atomic E-state index is 0.629. The Morgan fingerprint density at radius 1 is 1.42 bits per heavy atom. The third kappa shape index (κ3) is 3.28. The van der Waals surface area contributed by atoms with E-state index in [2.05, 4.69) is 4.08 Å². The van der Waals surface area contributed by atoms with Gasteiger partial charge in [0.05, 0.1) is 0 Å². The summed E-state index contributed by atoms with van der Waals surface area (Å²) in [7, 11) is 0. The molecule has 1 aromatic rings. The van der Waals surface area contributed by atoms with Crippen LogP contribution in [0.15, 0.2) is 30.3 Å². The van der Waals surface area contributed by atoms with Gasteiger partial charge in [0.1, 0.15) is 0 Å². The molecule has 66 valence electrons. The fourth-order valence-electron chi connectivity index (χ4n) is 0.629. The first-order valence-electron chi connectivity index (χ1n) is 3.02. The standard InChI is InChI=1S/C6H6ClO3PSe/c7-10-11(8,9)12-6-4-2-1-3-5-6/h1-5H,(H,8,9). The van der Waals surface area contributed by atoms with Crippen LogP contribution in [0.1, 0.15) is 0 Å². The molecule has 0 saturated carbocycles. The van der Waals surface area contributed by atoms with E-state index in [-0.39, 0.29) is 0 Å². The van der Waals surface area contributed by atoms with Crippen molar-refractivity contribution in [3.8, 4) is 0 Å². The van der Waals surface area contributed by atoms with Crippen molar-refractivity contribution in [1.29, 1.82) is 0 Å². The number of benzene rings is 1. The van der Waals surface area contributed by atoms with E-state index >= 15 is 0 Å². The Bertz CT molecular complexity index is 292. The summed E-state index contributed by atoms with van der Waals surface area (Å²) in [6.45, 7) is 0. The van der Waals surface area contributed by atoms with E-state index in [9.17, 15) is 4.57 Å². The van der Waals surface area contributed by atoms with Gasteiger partial charge in [0.25, 0.3) is 0 Å². The van der Waals surface area contributed by atoms with Gasteiger partial charge in [-0.15, -0.1) is 0 Å². The minimum atomic E-state index is -3.57. The second kappa shape index (κ2) is 4.43. The normalized spacial score (nSPS) is 15.5. The van der Waals surface area contributed by atoms with Crippen LogP contribution >= 0.6 is 18.2 Å². The van der Waals surface area contributed by atoms with Gasteiger partial charge < -0.3 is 0 Å². The molecule has 1 rings (SSSR count). The first kappa shape index (κ1) is 10.3. The van der Waals surface area contributed by atoms with Gasteiger partial charge >= 0.3 is 81.0 Å². The summed E-state index contributed by atoms with van der Waals surface area (Å²) in [4.78, 5) is 9.01. The van der Waals surface area contributed by atoms with E-state index in [0.29, 0.717) is 0 Å². The van der Waals surface area contributed by atoms with Crippen LogP contribution in [0.5, 0.6) is 0 Å². The van der Waals surface area contributed by atoms with Crippen LogP contribution < -0.4 is 4.46 Å². The van der Waals surface area contributed by atoms with Crippen LogP contribution in [0.2, 0.25) is 0 Å². The summed E-state index contributed by atoms with van der Waals surface area (Å²) in [6, 6.07) is 8.96. The van der Waals surface area contributed by atoms with Gasteiger partial charge in [-0.05, 0) is 0 Å². The predicted molar refractivity (Wildman–Crippen MR) is 48.6 cm³/mol. The SMILES string of the molecule is O=P(O)(OCl)[Se]c1ccccc1. The van der Waals surface area contributed by atoms with Gasteiger partial charge in [0.15, 0.2) is 0 Å². The summed E-state index contributed by atoms with van der Waals surface area (Å²) >= 11 is 4.22. The molecule has 1 aromatic carbocycles. The third-order valence-electron chi connectivity index (χ3n) is 1.05. The van der Waals surface area contributed by atoms with Crippen molar-refractivity contribution >= 4 is 37.1 Å². The molecule has 1 unspecified atom stereocenters. The molecule has 0 heterocycles. The molecule has 0 bridgehead atoms. The summed E-state index contributed by atoms with van der Waals surface area (Å²) < 4.78 is 15.7. The monoisotopic (exact) mass is 272 g/mol. The number of halogens is 1. The quantitative estimate of drug-likeness (QED) is 0.665. The van der Waals surface area contributed by atoms with Crippen LogP contribution in [0.25, 0.3) is 0 Å². The Morgan fingerprint density at radius 2 is 2.00 bits per heavy atom. The fraction of sp³-hybridized carbons (Fsp3) is 0. The first-order chi connectivity index (χ1) is 5.64. The molecule has 0 radical (unpaired) electrons. The molecule has 3 nitrogen and oxygen atoms in total. The third-order valence-corrected chi connectivity index (χ3v) is 6.60. The zero-order chi connectivity index (χ0) is 9.03. The first-order valence-corrected chi connectivity index (χ1v) is 7.98. The molecule has 0 fully saturated rings. The van der Waals surface area contributed by atoms with Crippen molar-refractivity contribution < 1.29 is 13.5 Å². The van der Waals surface area contributed by atoms with Gasteiger partial charge in [-0.1, -0.05) is 0 Å². The molecule has 1 N–H and O–H groups in total. The molecule has 12 heavy (non-hydrogen) atoms. The Morgan fingerprint density at radius 3 is 2.50 bits per heavy atom. The zero-order valence-corrected chi connectivity index (χ0v) is 9.25. The van der Waals surface area contributed by atoms with E-state index in [1.54, 1.807) is 24.3 Å². The molecule has 0 spiro atoms. The molecule has 6 heteroatoms. The van der Waals surface area contributed by atoms with Gasteiger partial charge in [-0.25, -0.2) is 0 Å². The van der Waals surface area contributed by atoms with Crippen molar-refractivity contribution in [3.63, 3.8) is 0 Å². The van der Waals surface area contributed by atoms with E-state index in [1.807, 2.05) is 6.07 Å². The average molecular weight is 271 g/mol. The molecule has 0 amide bonds. The fourth-order valence-corrected chi connectivity index (χ4v) is 4.43. The number of rotatable bonds is 3. The molecule has 0 saturated heterocycles. The summed E-state index contributed by atoms with van der Waals surface area (Å²) in [6.07, 6.45) is -3.57. The topological polar surface area (TPSA) is 46.5 Å². The Hall–Kier alpha value is 0.179. The average Bonchev–Trinajstić information content (AvgIpc) is 2.06. The number of hydrogen-bond donors (Lipinski definition) is 1. The van der Waals surface area contributed by atoms with E-state index in [4.69, 9.17) is 16.8 Å². The van der Waals surface area contributed by atoms with E-state index in [0.717, 1.165) is 4.46 Å². The van der Waals surface area contributed by atoms with Gasteiger partial charge in [0.2, 0.25) is 0 Å². The van der Waals surface area contributed by atoms with Crippen molar-refractivity contribution in [2.75, 3.05) is 0 Å². The van der Waals surface area contributed by atoms with Crippen LogP contribution in [0.3, 0.4) is 0 Å². The summed E-state index contributed by atoms with van der Waals surface area (Å²) in [5.74, 6) is 0. The molecule has 0 aromatic heterocycles. The Labute approximate surface area is 81.2 Å².